The maximum absolute atomic E-state index is 13.0. The van der Waals surface area contributed by atoms with E-state index in [-0.39, 0.29) is 16.5 Å². The van der Waals surface area contributed by atoms with Crippen LogP contribution in [0.3, 0.4) is 0 Å². The van der Waals surface area contributed by atoms with Gasteiger partial charge in [-0.1, -0.05) is 11.3 Å². The molecular weight excluding hydrogens is 524 g/mol. The SMILES string of the molecule is COCCNC(=O)c1ccc(Oc2sc(C(=O)N/C(=C\C(=O)O)C(=O)O)c3c2-c2sncc2CC3)cn1. The van der Waals surface area contributed by atoms with Crippen LogP contribution in [0.2, 0.25) is 0 Å². The zero-order chi connectivity index (χ0) is 26.5. The number of fused-ring (bicyclic) bond motifs is 3. The van der Waals surface area contributed by atoms with Crippen molar-refractivity contribution in [1.29, 1.82) is 0 Å². The topological polar surface area (TPSA) is 177 Å². The number of methoxy groups -OCH3 is 1. The van der Waals surface area contributed by atoms with Crippen molar-refractivity contribution in [3.05, 3.63) is 58.0 Å². The number of pyridine rings is 1. The van der Waals surface area contributed by atoms with Crippen LogP contribution in [0.25, 0.3) is 10.4 Å². The zero-order valence-corrected chi connectivity index (χ0v) is 20.9. The van der Waals surface area contributed by atoms with Gasteiger partial charge in [0.05, 0.1) is 34.2 Å². The van der Waals surface area contributed by atoms with E-state index in [4.69, 9.17) is 14.6 Å². The third-order valence-corrected chi connectivity index (χ3v) is 7.18. The number of hydrogen-bond donors (Lipinski definition) is 4. The minimum absolute atomic E-state index is 0.188. The highest BCUT2D eigenvalue weighted by Crippen LogP contribution is 2.50. The second kappa shape index (κ2) is 11.3. The van der Waals surface area contributed by atoms with Crippen LogP contribution in [0.4, 0.5) is 0 Å². The number of carbonyl (C=O) groups is 4. The molecule has 14 heteroatoms. The Labute approximate surface area is 217 Å². The molecule has 0 unspecified atom stereocenters. The molecular formula is C23H20N4O8S2. The molecule has 3 heterocycles. The third-order valence-electron chi connectivity index (χ3n) is 5.21. The van der Waals surface area contributed by atoms with Crippen LogP contribution in [-0.2, 0) is 27.2 Å². The van der Waals surface area contributed by atoms with Gasteiger partial charge >= 0.3 is 11.9 Å². The van der Waals surface area contributed by atoms with Gasteiger partial charge in [0.25, 0.3) is 11.8 Å². The standard InChI is InChI=1S/C23H20N4O8S2/c1-34-7-6-24-20(30)14-5-3-12(10-25-14)35-23-17-13(4-2-11-9-26-37-18(11)17)19(36-23)21(31)27-15(22(32)33)8-16(28)29/h3,5,8-10H,2,4,6-7H2,1H3,(H,24,30)(H,27,31)(H,28,29)(H,32,33)/b15-8-. The second-order valence-corrected chi connectivity index (χ2v) is 9.42. The summed E-state index contributed by atoms with van der Waals surface area (Å²) in [5.74, 6) is -3.90. The van der Waals surface area contributed by atoms with Crippen LogP contribution >= 0.6 is 22.9 Å². The lowest BCUT2D eigenvalue weighted by molar-refractivity contribution is -0.135. The fourth-order valence-electron chi connectivity index (χ4n) is 3.56. The Morgan fingerprint density at radius 3 is 2.62 bits per heavy atom. The van der Waals surface area contributed by atoms with Gasteiger partial charge < -0.3 is 30.3 Å². The highest BCUT2D eigenvalue weighted by molar-refractivity contribution is 7.17. The number of carbonyl (C=O) groups excluding carboxylic acids is 2. The van der Waals surface area contributed by atoms with E-state index < -0.39 is 23.5 Å². The smallest absolute Gasteiger partial charge is 0.352 e. The third kappa shape index (κ3) is 5.82. The summed E-state index contributed by atoms with van der Waals surface area (Å²) in [5, 5.41) is 23.4. The van der Waals surface area contributed by atoms with Gasteiger partial charge in [0.1, 0.15) is 17.1 Å². The number of ether oxygens (including phenoxy) is 2. The van der Waals surface area contributed by atoms with E-state index in [0.29, 0.717) is 54.0 Å². The summed E-state index contributed by atoms with van der Waals surface area (Å²) in [5.41, 5.74) is 1.73. The van der Waals surface area contributed by atoms with Crippen molar-refractivity contribution in [1.82, 2.24) is 20.0 Å². The number of carboxylic acid groups (broad SMARTS) is 2. The van der Waals surface area contributed by atoms with Gasteiger partial charge in [-0.25, -0.2) is 18.9 Å². The minimum atomic E-state index is -1.58. The van der Waals surface area contributed by atoms with E-state index in [2.05, 4.69) is 20.0 Å². The number of nitrogens with one attached hydrogen (secondary N) is 2. The van der Waals surface area contributed by atoms with Crippen molar-refractivity contribution in [3.8, 4) is 21.3 Å². The lowest BCUT2D eigenvalue weighted by atomic mass is 9.93. The molecule has 4 rings (SSSR count). The molecule has 37 heavy (non-hydrogen) atoms. The molecule has 0 spiro atoms. The number of nitrogens with zero attached hydrogens (tertiary/aromatic N) is 2. The van der Waals surface area contributed by atoms with Crippen LogP contribution in [0.15, 0.2) is 36.3 Å². The molecule has 12 nitrogen and oxygen atoms in total. The largest absolute Gasteiger partial charge is 0.478 e. The molecule has 0 aromatic carbocycles. The van der Waals surface area contributed by atoms with E-state index in [1.54, 1.807) is 12.3 Å². The molecule has 2 amide bonds. The van der Waals surface area contributed by atoms with Crippen molar-refractivity contribution in [2.75, 3.05) is 20.3 Å². The van der Waals surface area contributed by atoms with Gasteiger partial charge in [-0.2, -0.15) is 0 Å². The molecule has 0 radical (unpaired) electrons. The van der Waals surface area contributed by atoms with E-state index >= 15 is 0 Å². The van der Waals surface area contributed by atoms with Crippen molar-refractivity contribution < 1.29 is 38.9 Å². The number of rotatable bonds is 10. The first-order valence-electron chi connectivity index (χ1n) is 10.8. The van der Waals surface area contributed by atoms with Crippen LogP contribution in [-0.4, -0.2) is 63.6 Å². The van der Waals surface area contributed by atoms with Gasteiger partial charge in [0, 0.05) is 19.9 Å². The molecule has 0 saturated carbocycles. The summed E-state index contributed by atoms with van der Waals surface area (Å²) in [4.78, 5) is 52.7. The number of aromatic nitrogens is 2. The van der Waals surface area contributed by atoms with Crippen LogP contribution < -0.4 is 15.4 Å². The number of hydrogen-bond acceptors (Lipinski definition) is 10. The first-order chi connectivity index (χ1) is 17.8. The fourth-order valence-corrected chi connectivity index (χ4v) is 5.61. The number of aryl methyl sites for hydroxylation is 1. The van der Waals surface area contributed by atoms with Crippen molar-refractivity contribution in [3.63, 3.8) is 0 Å². The Kier molecular flexibility index (Phi) is 7.91. The van der Waals surface area contributed by atoms with Gasteiger partial charge in [-0.15, -0.1) is 0 Å². The Hall–Kier alpha value is -4.14. The molecule has 1 aliphatic carbocycles. The predicted octanol–water partition coefficient (Wildman–Crippen LogP) is 2.32. The fraction of sp³-hybridized carbons (Fsp3) is 0.217. The molecule has 3 aromatic heterocycles. The van der Waals surface area contributed by atoms with Crippen molar-refractivity contribution in [2.24, 2.45) is 0 Å². The van der Waals surface area contributed by atoms with E-state index in [1.165, 1.54) is 30.9 Å². The summed E-state index contributed by atoms with van der Waals surface area (Å²) in [6.07, 6.45) is 4.65. The number of carboxylic acids is 2. The van der Waals surface area contributed by atoms with Gasteiger partial charge in [-0.3, -0.25) is 9.59 Å². The lowest BCUT2D eigenvalue weighted by Crippen LogP contribution is -2.28. The molecule has 3 aromatic rings. The summed E-state index contributed by atoms with van der Waals surface area (Å²) >= 11 is 2.24. The van der Waals surface area contributed by atoms with Gasteiger partial charge in [0.2, 0.25) is 0 Å². The Balaban J connectivity index is 1.64. The first-order valence-corrected chi connectivity index (χ1v) is 12.4. The van der Waals surface area contributed by atoms with E-state index in [0.717, 1.165) is 21.8 Å². The Morgan fingerprint density at radius 2 is 1.95 bits per heavy atom. The van der Waals surface area contributed by atoms with E-state index in [9.17, 15) is 24.3 Å². The summed E-state index contributed by atoms with van der Waals surface area (Å²) in [6, 6.07) is 3.07. The normalized spacial score (nSPS) is 12.3. The number of amides is 2. The average Bonchev–Trinajstić information content (AvgIpc) is 3.48. The molecule has 4 N–H and O–H groups in total. The molecule has 0 fully saturated rings. The second-order valence-electron chi connectivity index (χ2n) is 7.64. The highest BCUT2D eigenvalue weighted by atomic mass is 32.1. The number of thiophene rings is 1. The van der Waals surface area contributed by atoms with Crippen molar-refractivity contribution >= 4 is 46.6 Å². The zero-order valence-electron chi connectivity index (χ0n) is 19.3. The van der Waals surface area contributed by atoms with Gasteiger partial charge in [-0.05, 0) is 47.6 Å². The Bertz CT molecular complexity index is 1390. The average molecular weight is 545 g/mol. The summed E-state index contributed by atoms with van der Waals surface area (Å²) in [6.45, 7) is 0.704. The molecule has 1 aliphatic rings. The van der Waals surface area contributed by atoms with Crippen LogP contribution in [0.1, 0.15) is 31.3 Å². The van der Waals surface area contributed by atoms with Gasteiger partial charge in [0.15, 0.2) is 5.06 Å². The predicted molar refractivity (Wildman–Crippen MR) is 132 cm³/mol. The summed E-state index contributed by atoms with van der Waals surface area (Å²) in [7, 11) is 1.53. The minimum Gasteiger partial charge on any atom is -0.478 e. The quantitative estimate of drug-likeness (QED) is 0.219. The summed E-state index contributed by atoms with van der Waals surface area (Å²) < 4.78 is 15.2. The monoisotopic (exact) mass is 544 g/mol. The number of aliphatic carboxylic acids is 2. The molecule has 0 bridgehead atoms. The highest BCUT2D eigenvalue weighted by Gasteiger charge is 2.31. The molecule has 0 atom stereocenters. The Morgan fingerprint density at radius 1 is 1.14 bits per heavy atom. The van der Waals surface area contributed by atoms with Crippen LogP contribution in [0.5, 0.6) is 10.8 Å². The molecule has 0 saturated heterocycles. The van der Waals surface area contributed by atoms with Crippen molar-refractivity contribution in [2.45, 2.75) is 12.8 Å². The molecule has 192 valence electrons. The van der Waals surface area contributed by atoms with Crippen LogP contribution in [0, 0.1) is 0 Å². The molecule has 0 aliphatic heterocycles. The lowest BCUT2D eigenvalue weighted by Gasteiger charge is -2.14. The van der Waals surface area contributed by atoms with E-state index in [1.807, 2.05) is 0 Å². The first kappa shape index (κ1) is 25.9. The maximum atomic E-state index is 13.0. The maximum Gasteiger partial charge on any atom is 0.352 e.